The third-order valence-electron chi connectivity index (χ3n) is 6.28. The van der Waals surface area contributed by atoms with E-state index in [0.29, 0.717) is 58.3 Å². The zero-order valence-electron chi connectivity index (χ0n) is 23.1. The Morgan fingerprint density at radius 1 is 1.29 bits per heavy atom. The Labute approximate surface area is 263 Å². The lowest BCUT2D eigenvalue weighted by Crippen LogP contribution is -2.40. The van der Waals surface area contributed by atoms with E-state index in [0.717, 1.165) is 12.1 Å². The van der Waals surface area contributed by atoms with Gasteiger partial charge >= 0.3 is 5.97 Å². The molecule has 42 heavy (non-hydrogen) atoms. The maximum absolute atomic E-state index is 14.1. The number of halogens is 2. The van der Waals surface area contributed by atoms with E-state index in [1.807, 2.05) is 19.9 Å². The molecular formula is C29H26BrClN4O5S2. The molecule has 0 N–H and O–H groups in total. The van der Waals surface area contributed by atoms with Crippen molar-refractivity contribution >= 4 is 62.7 Å². The second kappa shape index (κ2) is 13.0. The highest BCUT2D eigenvalue weighted by Gasteiger charge is 2.36. The molecule has 1 aliphatic rings. The molecule has 0 saturated carbocycles. The standard InChI is InChI=1S/C29H26BrClN4O5S2/c1-5-7-20-23(26(37)39-6-2)24(18-12-16(31)8-9-21(18)38-4)35-25(36)22(41-29(35)34-20)14-17-13-19(30)27(40-17)42-28-32-11-10-15(3)33-28/h8-14,24H,5-7H2,1-4H3/b22-14-/t24-/m1/s1. The molecule has 3 aromatic heterocycles. The first-order chi connectivity index (χ1) is 20.2. The van der Waals surface area contributed by atoms with Gasteiger partial charge in [-0.05, 0) is 78.3 Å². The number of hydrogen-bond acceptors (Lipinski definition) is 10. The Morgan fingerprint density at radius 3 is 2.81 bits per heavy atom. The molecule has 0 aliphatic carbocycles. The number of carbonyl (C=O) groups excluding carboxylic acids is 1. The number of benzene rings is 1. The molecule has 9 nitrogen and oxygen atoms in total. The second-order valence-electron chi connectivity index (χ2n) is 9.17. The van der Waals surface area contributed by atoms with Crippen LogP contribution in [0, 0.1) is 6.92 Å². The minimum Gasteiger partial charge on any atom is -0.496 e. The van der Waals surface area contributed by atoms with E-state index in [1.165, 1.54) is 34.8 Å². The Balaban J connectivity index is 1.68. The minimum atomic E-state index is -0.856. The van der Waals surface area contributed by atoms with Crippen LogP contribution in [0.4, 0.5) is 0 Å². The first-order valence-electron chi connectivity index (χ1n) is 13.1. The van der Waals surface area contributed by atoms with Gasteiger partial charge in [-0.3, -0.25) is 9.36 Å². The van der Waals surface area contributed by atoms with Gasteiger partial charge in [0.15, 0.2) is 15.1 Å². The lowest BCUT2D eigenvalue weighted by Gasteiger charge is -2.27. The fraction of sp³-hybridized carbons (Fsp3) is 0.276. The van der Waals surface area contributed by atoms with Gasteiger partial charge in [-0.1, -0.05) is 36.3 Å². The summed E-state index contributed by atoms with van der Waals surface area (Å²) in [5, 5.41) is 1.53. The van der Waals surface area contributed by atoms with Gasteiger partial charge in [-0.25, -0.2) is 19.8 Å². The number of thiazole rings is 1. The van der Waals surface area contributed by atoms with Gasteiger partial charge in [-0.2, -0.15) is 0 Å². The van der Waals surface area contributed by atoms with Crippen LogP contribution in [-0.2, 0) is 9.53 Å². The molecule has 4 aromatic rings. The number of aromatic nitrogens is 3. The predicted octanol–water partition coefficient (Wildman–Crippen LogP) is 5.85. The third-order valence-corrected chi connectivity index (χ3v) is 9.22. The van der Waals surface area contributed by atoms with Crippen molar-refractivity contribution in [3.8, 4) is 5.75 Å². The number of hydrogen-bond donors (Lipinski definition) is 0. The topological polar surface area (TPSA) is 109 Å². The highest BCUT2D eigenvalue weighted by atomic mass is 79.9. The molecule has 1 atom stereocenters. The second-order valence-corrected chi connectivity index (χ2v) is 12.4. The molecule has 0 saturated heterocycles. The number of methoxy groups -OCH3 is 1. The molecule has 0 spiro atoms. The molecule has 0 amide bonds. The van der Waals surface area contributed by atoms with Gasteiger partial charge < -0.3 is 13.9 Å². The molecular weight excluding hydrogens is 664 g/mol. The average molecular weight is 690 g/mol. The van der Waals surface area contributed by atoms with Crippen LogP contribution >= 0.6 is 50.6 Å². The van der Waals surface area contributed by atoms with Gasteiger partial charge in [0.2, 0.25) is 0 Å². The number of nitrogens with zero attached hydrogens (tertiary/aromatic N) is 4. The Bertz CT molecular complexity index is 1880. The van der Waals surface area contributed by atoms with E-state index in [2.05, 4.69) is 25.9 Å². The number of esters is 1. The largest absolute Gasteiger partial charge is 0.496 e. The monoisotopic (exact) mass is 688 g/mol. The maximum atomic E-state index is 14.1. The van der Waals surface area contributed by atoms with Crippen molar-refractivity contribution in [2.45, 2.75) is 49.9 Å². The van der Waals surface area contributed by atoms with Gasteiger partial charge in [0, 0.05) is 28.6 Å². The fourth-order valence-corrected chi connectivity index (χ4v) is 7.02. The van der Waals surface area contributed by atoms with Crippen molar-refractivity contribution in [2.75, 3.05) is 13.7 Å². The summed E-state index contributed by atoms with van der Waals surface area (Å²) >= 11 is 12.4. The Hall–Kier alpha value is -3.19. The molecule has 4 heterocycles. The van der Waals surface area contributed by atoms with Gasteiger partial charge in [0.1, 0.15) is 17.6 Å². The third kappa shape index (κ3) is 6.12. The first kappa shape index (κ1) is 30.3. The smallest absolute Gasteiger partial charge is 0.338 e. The van der Waals surface area contributed by atoms with Gasteiger partial charge in [0.05, 0.1) is 34.0 Å². The zero-order valence-corrected chi connectivity index (χ0v) is 27.1. The number of fused-ring (bicyclic) bond motifs is 1. The molecule has 0 radical (unpaired) electrons. The predicted molar refractivity (Wildman–Crippen MR) is 165 cm³/mol. The van der Waals surface area contributed by atoms with Crippen molar-refractivity contribution in [2.24, 2.45) is 4.99 Å². The van der Waals surface area contributed by atoms with E-state index in [-0.39, 0.29) is 17.7 Å². The molecule has 0 fully saturated rings. The Kier molecular flexibility index (Phi) is 9.36. The Morgan fingerprint density at radius 2 is 2.10 bits per heavy atom. The fourth-order valence-electron chi connectivity index (χ4n) is 4.53. The van der Waals surface area contributed by atoms with Crippen LogP contribution in [0.5, 0.6) is 5.75 Å². The number of rotatable bonds is 9. The zero-order chi connectivity index (χ0) is 30.0. The average Bonchev–Trinajstić information content (AvgIpc) is 3.45. The van der Waals surface area contributed by atoms with Crippen molar-refractivity contribution < 1.29 is 18.7 Å². The van der Waals surface area contributed by atoms with Crippen LogP contribution in [-0.4, -0.2) is 34.2 Å². The number of allylic oxidation sites excluding steroid dienone is 1. The summed E-state index contributed by atoms with van der Waals surface area (Å²) in [4.78, 5) is 41.4. The van der Waals surface area contributed by atoms with Crippen LogP contribution in [0.1, 0.15) is 49.7 Å². The number of carbonyl (C=O) groups is 1. The maximum Gasteiger partial charge on any atom is 0.338 e. The van der Waals surface area contributed by atoms with E-state index in [9.17, 15) is 9.59 Å². The first-order valence-corrected chi connectivity index (χ1v) is 15.9. The molecule has 13 heteroatoms. The van der Waals surface area contributed by atoms with Crippen molar-refractivity contribution in [3.63, 3.8) is 0 Å². The molecule has 0 bridgehead atoms. The summed E-state index contributed by atoms with van der Waals surface area (Å²) in [7, 11) is 1.53. The van der Waals surface area contributed by atoms with Crippen LogP contribution in [0.15, 0.2) is 76.7 Å². The number of aryl methyl sites for hydroxylation is 1. The van der Waals surface area contributed by atoms with Gasteiger partial charge in [0.25, 0.3) is 5.56 Å². The van der Waals surface area contributed by atoms with Crippen LogP contribution in [0.2, 0.25) is 5.02 Å². The lowest BCUT2D eigenvalue weighted by molar-refractivity contribution is -0.139. The SMILES string of the molecule is CCCC1=C(C(=O)OCC)[C@@H](c2cc(Cl)ccc2OC)n2c(s/c(=C\c3cc(Br)c(Sc4nccc(C)n4)o3)c2=O)=N1. The van der Waals surface area contributed by atoms with Crippen molar-refractivity contribution in [1.29, 1.82) is 0 Å². The highest BCUT2D eigenvalue weighted by molar-refractivity contribution is 9.10. The van der Waals surface area contributed by atoms with Crippen LogP contribution in [0.3, 0.4) is 0 Å². The summed E-state index contributed by atoms with van der Waals surface area (Å²) in [6.07, 6.45) is 4.61. The molecule has 1 aromatic carbocycles. The molecule has 0 unspecified atom stereocenters. The molecule has 218 valence electrons. The summed E-state index contributed by atoms with van der Waals surface area (Å²) in [5.41, 5.74) is 1.91. The van der Waals surface area contributed by atoms with E-state index in [1.54, 1.807) is 43.5 Å². The summed E-state index contributed by atoms with van der Waals surface area (Å²) in [6, 6.07) is 7.86. The van der Waals surface area contributed by atoms with Crippen LogP contribution < -0.4 is 19.6 Å². The van der Waals surface area contributed by atoms with Crippen LogP contribution in [0.25, 0.3) is 6.08 Å². The van der Waals surface area contributed by atoms with E-state index >= 15 is 0 Å². The number of furan rings is 1. The quantitative estimate of drug-likeness (QED) is 0.159. The van der Waals surface area contributed by atoms with Crippen molar-refractivity contribution in [1.82, 2.24) is 14.5 Å². The molecule has 1 aliphatic heterocycles. The summed E-state index contributed by atoms with van der Waals surface area (Å²) in [6.45, 7) is 5.80. The number of ether oxygens (including phenoxy) is 2. The minimum absolute atomic E-state index is 0.173. The highest BCUT2D eigenvalue weighted by Crippen LogP contribution is 2.38. The van der Waals surface area contributed by atoms with E-state index in [4.69, 9.17) is 30.5 Å². The normalized spacial score (nSPS) is 15.0. The van der Waals surface area contributed by atoms with Gasteiger partial charge in [-0.15, -0.1) is 0 Å². The van der Waals surface area contributed by atoms with E-state index < -0.39 is 12.0 Å². The lowest BCUT2D eigenvalue weighted by atomic mass is 9.93. The molecule has 5 rings (SSSR count). The summed E-state index contributed by atoms with van der Waals surface area (Å²) in [5.74, 6) is 0.395. The van der Waals surface area contributed by atoms with Crippen molar-refractivity contribution in [3.05, 3.63) is 94.0 Å². The summed E-state index contributed by atoms with van der Waals surface area (Å²) < 4.78 is 19.7.